The highest BCUT2D eigenvalue weighted by atomic mass is 16.4. The molecule has 1 amide bonds. The Hall–Kier alpha value is -1.63. The molecule has 1 fully saturated rings. The summed E-state index contributed by atoms with van der Waals surface area (Å²) in [6, 6.07) is -2.38. The molecular weight excluding hydrogens is 192 g/mol. The van der Waals surface area contributed by atoms with Crippen LogP contribution >= 0.6 is 0 Å². The summed E-state index contributed by atoms with van der Waals surface area (Å²) in [4.78, 5) is 32.1. The van der Waals surface area contributed by atoms with Crippen molar-refractivity contribution in [1.29, 1.82) is 0 Å². The third-order valence-electron chi connectivity index (χ3n) is 2.16. The van der Waals surface area contributed by atoms with Crippen LogP contribution in [0.4, 0.5) is 0 Å². The number of carboxylic acid groups (broad SMARTS) is 2. The second-order valence-electron chi connectivity index (χ2n) is 3.11. The van der Waals surface area contributed by atoms with Crippen LogP contribution in [0.5, 0.6) is 0 Å². The summed E-state index contributed by atoms with van der Waals surface area (Å²) >= 11 is 0. The second-order valence-corrected chi connectivity index (χ2v) is 3.11. The van der Waals surface area contributed by atoms with Gasteiger partial charge in [0.25, 0.3) is 0 Å². The van der Waals surface area contributed by atoms with Crippen molar-refractivity contribution in [1.82, 2.24) is 5.32 Å². The van der Waals surface area contributed by atoms with Gasteiger partial charge in [-0.05, 0) is 6.42 Å². The fourth-order valence-electron chi connectivity index (χ4n) is 1.34. The number of aliphatic carboxylic acids is 2. The lowest BCUT2D eigenvalue weighted by Crippen LogP contribution is -2.41. The lowest BCUT2D eigenvalue weighted by molar-refractivity contribution is -0.142. The predicted molar refractivity (Wildman–Crippen MR) is 43.3 cm³/mol. The molecule has 0 radical (unpaired) electrons. The monoisotopic (exact) mass is 202 g/mol. The Labute approximate surface area is 78.9 Å². The number of hydrogen-bond acceptors (Lipinski definition) is 4. The van der Waals surface area contributed by atoms with Crippen LogP contribution in [0.2, 0.25) is 0 Å². The van der Waals surface area contributed by atoms with E-state index in [-0.39, 0.29) is 6.42 Å². The Balaban J connectivity index is 2.70. The van der Waals surface area contributed by atoms with E-state index in [1.54, 1.807) is 0 Å². The van der Waals surface area contributed by atoms with E-state index in [2.05, 4.69) is 5.32 Å². The molecule has 0 unspecified atom stereocenters. The molecule has 0 spiro atoms. The zero-order valence-corrected chi connectivity index (χ0v) is 7.14. The Morgan fingerprint density at radius 3 is 2.43 bits per heavy atom. The Morgan fingerprint density at radius 2 is 2.07 bits per heavy atom. The van der Waals surface area contributed by atoms with Crippen molar-refractivity contribution in [2.75, 3.05) is 0 Å². The maximum Gasteiger partial charge on any atom is 0.326 e. The summed E-state index contributed by atoms with van der Waals surface area (Å²) in [6.07, 6.45) is -0.0817. The van der Waals surface area contributed by atoms with Gasteiger partial charge in [-0.1, -0.05) is 0 Å². The van der Waals surface area contributed by atoms with Gasteiger partial charge in [-0.15, -0.1) is 0 Å². The van der Waals surface area contributed by atoms with Gasteiger partial charge in [0.15, 0.2) is 0 Å². The molecule has 1 aliphatic rings. The first-order valence-corrected chi connectivity index (χ1v) is 3.95. The van der Waals surface area contributed by atoms with Crippen molar-refractivity contribution >= 4 is 17.8 Å². The van der Waals surface area contributed by atoms with Crippen molar-refractivity contribution < 1.29 is 24.6 Å². The lowest BCUT2D eigenvalue weighted by Gasteiger charge is -2.10. The maximum absolute atomic E-state index is 11.1. The van der Waals surface area contributed by atoms with Gasteiger partial charge in [0.2, 0.25) is 5.91 Å². The minimum atomic E-state index is -1.35. The first kappa shape index (κ1) is 10.5. The number of amides is 1. The molecule has 0 aliphatic carbocycles. The number of carbonyl (C=O) groups excluding carboxylic acids is 1. The molecule has 0 aromatic heterocycles. The summed E-state index contributed by atoms with van der Waals surface area (Å²) in [5.41, 5.74) is 5.22. The average molecular weight is 202 g/mol. The fourth-order valence-corrected chi connectivity index (χ4v) is 1.34. The first-order chi connectivity index (χ1) is 6.43. The highest BCUT2D eigenvalue weighted by Gasteiger charge is 2.41. The van der Waals surface area contributed by atoms with Crippen LogP contribution in [0.25, 0.3) is 0 Å². The van der Waals surface area contributed by atoms with Crippen molar-refractivity contribution in [2.45, 2.75) is 18.5 Å². The standard InChI is InChI=1S/C7H10N2O5/c8-4(7(13)14)2-1-3(6(11)12)9-5(2)10/h2-4H,1,8H2,(H,9,10)(H,11,12)(H,13,14)/t2-,3-,4-/m0/s1. The fraction of sp³-hybridized carbons (Fsp3) is 0.571. The molecule has 78 valence electrons. The lowest BCUT2D eigenvalue weighted by atomic mass is 9.97. The van der Waals surface area contributed by atoms with Crippen LogP contribution in [0.1, 0.15) is 6.42 Å². The van der Waals surface area contributed by atoms with E-state index in [1.165, 1.54) is 0 Å². The summed E-state index contributed by atoms with van der Waals surface area (Å²) in [5, 5.41) is 19.3. The zero-order valence-electron chi connectivity index (χ0n) is 7.14. The van der Waals surface area contributed by atoms with Crippen LogP contribution in [-0.2, 0) is 14.4 Å². The molecule has 7 heteroatoms. The molecule has 0 aromatic rings. The quantitative estimate of drug-likeness (QED) is 0.418. The first-order valence-electron chi connectivity index (χ1n) is 3.95. The van der Waals surface area contributed by atoms with E-state index in [4.69, 9.17) is 15.9 Å². The highest BCUT2D eigenvalue weighted by Crippen LogP contribution is 2.18. The van der Waals surface area contributed by atoms with Gasteiger partial charge in [0, 0.05) is 0 Å². The number of nitrogens with two attached hydrogens (primary N) is 1. The van der Waals surface area contributed by atoms with Gasteiger partial charge in [-0.25, -0.2) is 4.79 Å². The van der Waals surface area contributed by atoms with Crippen molar-refractivity contribution in [3.63, 3.8) is 0 Å². The van der Waals surface area contributed by atoms with Crippen LogP contribution in [0.3, 0.4) is 0 Å². The minimum absolute atomic E-state index is 0.0817. The van der Waals surface area contributed by atoms with Crippen molar-refractivity contribution in [3.8, 4) is 0 Å². The number of hydrogen-bond donors (Lipinski definition) is 4. The average Bonchev–Trinajstić information content (AvgIpc) is 2.46. The molecule has 1 aliphatic heterocycles. The predicted octanol–water partition coefficient (Wildman–Crippen LogP) is -2.01. The molecule has 0 bridgehead atoms. The van der Waals surface area contributed by atoms with Gasteiger partial charge < -0.3 is 21.3 Å². The molecule has 3 atom stereocenters. The van der Waals surface area contributed by atoms with Crippen molar-refractivity contribution in [3.05, 3.63) is 0 Å². The summed E-state index contributed by atoms with van der Waals surface area (Å²) in [7, 11) is 0. The Bertz CT molecular complexity index is 290. The van der Waals surface area contributed by atoms with Crippen LogP contribution < -0.4 is 11.1 Å². The van der Waals surface area contributed by atoms with E-state index in [0.29, 0.717) is 0 Å². The van der Waals surface area contributed by atoms with E-state index in [0.717, 1.165) is 0 Å². The number of carbonyl (C=O) groups is 3. The normalized spacial score (nSPS) is 28.2. The minimum Gasteiger partial charge on any atom is -0.480 e. The zero-order chi connectivity index (χ0) is 10.9. The number of carboxylic acids is 2. The van der Waals surface area contributed by atoms with E-state index in [9.17, 15) is 14.4 Å². The van der Waals surface area contributed by atoms with E-state index < -0.39 is 35.8 Å². The molecule has 5 N–H and O–H groups in total. The molecule has 1 heterocycles. The van der Waals surface area contributed by atoms with Gasteiger partial charge >= 0.3 is 11.9 Å². The third-order valence-corrected chi connectivity index (χ3v) is 2.16. The third kappa shape index (κ3) is 1.82. The van der Waals surface area contributed by atoms with Gasteiger partial charge in [-0.2, -0.15) is 0 Å². The van der Waals surface area contributed by atoms with Crippen LogP contribution in [0.15, 0.2) is 0 Å². The number of nitrogens with one attached hydrogen (secondary N) is 1. The van der Waals surface area contributed by atoms with Crippen molar-refractivity contribution in [2.24, 2.45) is 11.7 Å². The molecule has 1 saturated heterocycles. The molecule has 14 heavy (non-hydrogen) atoms. The molecular formula is C7H10N2O5. The van der Waals surface area contributed by atoms with Crippen LogP contribution in [-0.4, -0.2) is 40.1 Å². The number of rotatable bonds is 3. The largest absolute Gasteiger partial charge is 0.480 e. The summed E-state index contributed by atoms with van der Waals surface area (Å²) in [6.45, 7) is 0. The molecule has 0 aromatic carbocycles. The molecule has 1 rings (SSSR count). The Morgan fingerprint density at radius 1 is 1.50 bits per heavy atom. The topological polar surface area (TPSA) is 130 Å². The smallest absolute Gasteiger partial charge is 0.326 e. The maximum atomic E-state index is 11.1. The Kier molecular flexibility index (Phi) is 2.70. The SMILES string of the molecule is N[C@H](C(=O)O)[C@@H]1C[C@@H](C(=O)O)NC1=O. The summed E-state index contributed by atoms with van der Waals surface area (Å²) in [5.74, 6) is -4.07. The van der Waals surface area contributed by atoms with E-state index in [1.807, 2.05) is 0 Å². The molecule has 7 nitrogen and oxygen atoms in total. The van der Waals surface area contributed by atoms with Gasteiger partial charge in [0.1, 0.15) is 12.1 Å². The van der Waals surface area contributed by atoms with E-state index >= 15 is 0 Å². The second kappa shape index (κ2) is 3.62. The molecule has 0 saturated carbocycles. The highest BCUT2D eigenvalue weighted by molar-refractivity contribution is 5.92. The summed E-state index contributed by atoms with van der Waals surface area (Å²) < 4.78 is 0. The van der Waals surface area contributed by atoms with Gasteiger partial charge in [-0.3, -0.25) is 9.59 Å². The van der Waals surface area contributed by atoms with Crippen LogP contribution in [0, 0.1) is 5.92 Å². The van der Waals surface area contributed by atoms with Gasteiger partial charge in [0.05, 0.1) is 5.92 Å².